The molecule has 2 amide bonds. The largest absolute Gasteiger partial charge is 0.493 e. The van der Waals surface area contributed by atoms with Crippen molar-refractivity contribution in [3.05, 3.63) is 76.0 Å². The predicted molar refractivity (Wildman–Crippen MR) is 142 cm³/mol. The fraction of sp³-hybridized carbons (Fsp3) is 0.357. The number of methoxy groups -OCH3 is 2. The summed E-state index contributed by atoms with van der Waals surface area (Å²) in [6, 6.07) is 14.7. The Balaban J connectivity index is 1.75. The third-order valence-electron chi connectivity index (χ3n) is 6.37. The summed E-state index contributed by atoms with van der Waals surface area (Å²) in [6.07, 6.45) is -0.393. The van der Waals surface area contributed by atoms with Crippen LogP contribution in [0.2, 0.25) is 0 Å². The van der Waals surface area contributed by atoms with Crippen molar-refractivity contribution in [2.45, 2.75) is 45.5 Å². The van der Waals surface area contributed by atoms with Gasteiger partial charge in [0.1, 0.15) is 6.61 Å². The van der Waals surface area contributed by atoms with Crippen LogP contribution >= 0.6 is 11.3 Å². The lowest BCUT2D eigenvalue weighted by Crippen LogP contribution is -2.47. The number of benzene rings is 2. The summed E-state index contributed by atoms with van der Waals surface area (Å²) < 4.78 is 22.3. The standard InChI is InChI=1S/C28H32N2O6S/c1-5-35-27(31)29(16-20-9-7-6-8-10-20)23-13-19(2)30(28(32)36-17-21-11-12-37-18-21)24-15-26(34-4)25(33-3)14-22(23)24/h6-12,14-15,18-19,23H,5,13,16-17H2,1-4H3. The lowest BCUT2D eigenvalue weighted by molar-refractivity contribution is 0.0807. The Hall–Kier alpha value is -3.72. The van der Waals surface area contributed by atoms with Gasteiger partial charge in [0.05, 0.1) is 32.6 Å². The maximum absolute atomic E-state index is 13.4. The van der Waals surface area contributed by atoms with Gasteiger partial charge in [-0.3, -0.25) is 9.80 Å². The van der Waals surface area contributed by atoms with E-state index in [1.165, 1.54) is 0 Å². The van der Waals surface area contributed by atoms with Crippen molar-refractivity contribution < 1.29 is 28.5 Å². The van der Waals surface area contributed by atoms with Crippen molar-refractivity contribution >= 4 is 29.2 Å². The van der Waals surface area contributed by atoms with Gasteiger partial charge in [-0.1, -0.05) is 30.3 Å². The van der Waals surface area contributed by atoms with Crippen LogP contribution in [0.5, 0.6) is 11.5 Å². The monoisotopic (exact) mass is 524 g/mol. The van der Waals surface area contributed by atoms with E-state index in [0.29, 0.717) is 30.2 Å². The number of rotatable bonds is 8. The molecule has 0 saturated heterocycles. The van der Waals surface area contributed by atoms with Crippen molar-refractivity contribution in [2.75, 3.05) is 25.7 Å². The van der Waals surface area contributed by atoms with Gasteiger partial charge in [-0.15, -0.1) is 0 Å². The minimum Gasteiger partial charge on any atom is -0.493 e. The number of thiophene rings is 1. The molecule has 1 aliphatic heterocycles. The van der Waals surface area contributed by atoms with Crippen LogP contribution in [0.1, 0.15) is 43.0 Å². The van der Waals surface area contributed by atoms with Crippen molar-refractivity contribution in [1.82, 2.24) is 4.90 Å². The van der Waals surface area contributed by atoms with Gasteiger partial charge in [0, 0.05) is 29.8 Å². The van der Waals surface area contributed by atoms with E-state index in [-0.39, 0.29) is 25.3 Å². The molecule has 0 spiro atoms. The molecule has 9 heteroatoms. The van der Waals surface area contributed by atoms with Gasteiger partial charge in [0.25, 0.3) is 0 Å². The van der Waals surface area contributed by atoms with Gasteiger partial charge in [0.15, 0.2) is 11.5 Å². The molecule has 0 fully saturated rings. The number of amides is 2. The first kappa shape index (κ1) is 26.3. The molecule has 2 aromatic carbocycles. The number of nitrogens with zero attached hydrogens (tertiary/aromatic N) is 2. The molecule has 3 aromatic rings. The number of hydrogen-bond acceptors (Lipinski definition) is 7. The number of anilines is 1. The Morgan fingerprint density at radius 1 is 1.03 bits per heavy atom. The molecule has 4 rings (SSSR count). The van der Waals surface area contributed by atoms with E-state index in [9.17, 15) is 9.59 Å². The summed E-state index contributed by atoms with van der Waals surface area (Å²) in [5.41, 5.74) is 3.28. The summed E-state index contributed by atoms with van der Waals surface area (Å²) in [6.45, 7) is 4.53. The van der Waals surface area contributed by atoms with E-state index in [0.717, 1.165) is 16.7 Å². The maximum atomic E-state index is 13.4. The minimum atomic E-state index is -0.462. The smallest absolute Gasteiger partial charge is 0.414 e. The van der Waals surface area contributed by atoms with Crippen molar-refractivity contribution in [3.8, 4) is 11.5 Å². The summed E-state index contributed by atoms with van der Waals surface area (Å²) in [7, 11) is 3.11. The molecule has 37 heavy (non-hydrogen) atoms. The lowest BCUT2D eigenvalue weighted by atomic mass is 9.90. The Bertz CT molecular complexity index is 1200. The summed E-state index contributed by atoms with van der Waals surface area (Å²) in [5.74, 6) is 0.992. The summed E-state index contributed by atoms with van der Waals surface area (Å²) >= 11 is 1.55. The zero-order chi connectivity index (χ0) is 26.4. The fourth-order valence-corrected chi connectivity index (χ4v) is 5.26. The topological polar surface area (TPSA) is 77.5 Å². The second kappa shape index (κ2) is 12.0. The first-order valence-corrected chi connectivity index (χ1v) is 13.1. The number of carbonyl (C=O) groups is 2. The van der Waals surface area contributed by atoms with Crippen LogP contribution in [0.15, 0.2) is 59.3 Å². The van der Waals surface area contributed by atoms with Gasteiger partial charge in [-0.2, -0.15) is 11.3 Å². The number of ether oxygens (including phenoxy) is 4. The number of carbonyl (C=O) groups excluding carboxylic acids is 2. The van der Waals surface area contributed by atoms with Gasteiger partial charge in [0.2, 0.25) is 0 Å². The molecule has 2 heterocycles. The van der Waals surface area contributed by atoms with Crippen LogP contribution in [-0.2, 0) is 22.6 Å². The van der Waals surface area contributed by atoms with E-state index >= 15 is 0 Å². The Kier molecular flexibility index (Phi) is 8.55. The van der Waals surface area contributed by atoms with Crippen molar-refractivity contribution in [1.29, 1.82) is 0 Å². The van der Waals surface area contributed by atoms with E-state index in [1.54, 1.807) is 48.3 Å². The Morgan fingerprint density at radius 3 is 2.41 bits per heavy atom. The highest BCUT2D eigenvalue weighted by molar-refractivity contribution is 7.07. The van der Waals surface area contributed by atoms with Gasteiger partial charge in [-0.25, -0.2) is 9.59 Å². The normalized spacial score (nSPS) is 16.5. The van der Waals surface area contributed by atoms with Crippen LogP contribution in [0.25, 0.3) is 0 Å². The van der Waals surface area contributed by atoms with Gasteiger partial charge in [-0.05, 0) is 48.7 Å². The molecule has 2 unspecified atom stereocenters. The Morgan fingerprint density at radius 2 is 1.76 bits per heavy atom. The van der Waals surface area contributed by atoms with E-state index in [4.69, 9.17) is 18.9 Å². The van der Waals surface area contributed by atoms with Crippen LogP contribution in [0.3, 0.4) is 0 Å². The average Bonchev–Trinajstić information content (AvgIpc) is 3.44. The van der Waals surface area contributed by atoms with Crippen molar-refractivity contribution in [2.24, 2.45) is 0 Å². The second-order valence-corrected chi connectivity index (χ2v) is 9.52. The molecule has 1 aliphatic rings. The highest BCUT2D eigenvalue weighted by atomic mass is 32.1. The van der Waals surface area contributed by atoms with Crippen LogP contribution in [-0.4, -0.2) is 44.0 Å². The Labute approximate surface area is 221 Å². The molecular formula is C28H32N2O6S. The third kappa shape index (κ3) is 5.83. The number of hydrogen-bond donors (Lipinski definition) is 0. The second-order valence-electron chi connectivity index (χ2n) is 8.74. The molecule has 2 atom stereocenters. The quantitative estimate of drug-likeness (QED) is 0.339. The summed E-state index contributed by atoms with van der Waals surface area (Å²) in [5, 5.41) is 3.89. The fourth-order valence-electron chi connectivity index (χ4n) is 4.60. The number of fused-ring (bicyclic) bond motifs is 1. The maximum Gasteiger partial charge on any atom is 0.414 e. The highest BCUT2D eigenvalue weighted by Crippen LogP contribution is 2.46. The SMILES string of the molecule is CCOC(=O)N(Cc1ccccc1)C1CC(C)N(C(=O)OCc2ccsc2)c2cc(OC)c(OC)cc21. The van der Waals surface area contributed by atoms with Crippen molar-refractivity contribution in [3.63, 3.8) is 0 Å². The molecule has 0 saturated carbocycles. The molecular weight excluding hydrogens is 492 g/mol. The predicted octanol–water partition coefficient (Wildman–Crippen LogP) is 6.40. The molecule has 196 valence electrons. The molecule has 8 nitrogen and oxygen atoms in total. The zero-order valence-electron chi connectivity index (χ0n) is 21.5. The molecule has 0 radical (unpaired) electrons. The molecule has 0 aliphatic carbocycles. The van der Waals surface area contributed by atoms with E-state index < -0.39 is 12.2 Å². The molecule has 0 N–H and O–H groups in total. The first-order chi connectivity index (χ1) is 18.0. The van der Waals surface area contributed by atoms with Crippen LogP contribution in [0, 0.1) is 0 Å². The van der Waals surface area contributed by atoms with Gasteiger partial charge < -0.3 is 18.9 Å². The average molecular weight is 525 g/mol. The molecule has 1 aromatic heterocycles. The first-order valence-electron chi connectivity index (χ1n) is 12.2. The molecule has 0 bridgehead atoms. The lowest BCUT2D eigenvalue weighted by Gasteiger charge is -2.42. The van der Waals surface area contributed by atoms with Crippen LogP contribution < -0.4 is 14.4 Å². The summed E-state index contributed by atoms with van der Waals surface area (Å²) in [4.78, 5) is 29.9. The minimum absolute atomic E-state index is 0.181. The zero-order valence-corrected chi connectivity index (χ0v) is 22.3. The van der Waals surface area contributed by atoms with Crippen LogP contribution in [0.4, 0.5) is 15.3 Å². The van der Waals surface area contributed by atoms with E-state index in [2.05, 4.69) is 0 Å². The van der Waals surface area contributed by atoms with Gasteiger partial charge >= 0.3 is 12.2 Å². The van der Waals surface area contributed by atoms with E-state index in [1.807, 2.05) is 60.1 Å². The third-order valence-corrected chi connectivity index (χ3v) is 7.10. The highest BCUT2D eigenvalue weighted by Gasteiger charge is 2.40.